The van der Waals surface area contributed by atoms with E-state index in [1.165, 1.54) is 11.0 Å². The number of benzene rings is 1. The average molecular weight is 781 g/mol. The number of methoxy groups -OCH3 is 1. The summed E-state index contributed by atoms with van der Waals surface area (Å²) in [4.78, 5) is 67.4. The molecule has 5 aliphatic rings. The zero-order valence-corrected chi connectivity index (χ0v) is 32.9. The van der Waals surface area contributed by atoms with E-state index in [9.17, 15) is 27.6 Å². The predicted octanol–water partition coefficient (Wildman–Crippen LogP) is 3.55. The second kappa shape index (κ2) is 14.6. The van der Waals surface area contributed by atoms with Crippen molar-refractivity contribution in [2.45, 2.75) is 121 Å². The Bertz CT molecular complexity index is 2000. The SMILES string of the molecule is C=C[C@@H]1C[C@]1(NC(=O)[C@@H]1[C@H](C)[C@@H]2CN1C(=O)[C@H](C(C)(C)C)NC(=O)O[C@@H]1C[C@H]1CCCCCc1nc3ccc(OC)cc3nc1O2)C(=O)NS(=O)(=O)C1CC1. The third-order valence-electron chi connectivity index (χ3n) is 11.7. The highest BCUT2D eigenvalue weighted by Crippen LogP contribution is 2.46. The van der Waals surface area contributed by atoms with Crippen LogP contribution in [0.2, 0.25) is 0 Å². The molecule has 0 unspecified atom stereocenters. The highest BCUT2D eigenvalue weighted by atomic mass is 32.2. The van der Waals surface area contributed by atoms with Crippen LogP contribution >= 0.6 is 0 Å². The first-order valence-electron chi connectivity index (χ1n) is 19.3. The zero-order valence-electron chi connectivity index (χ0n) is 32.1. The summed E-state index contributed by atoms with van der Waals surface area (Å²) in [6.45, 7) is 11.0. The van der Waals surface area contributed by atoms with Crippen molar-refractivity contribution in [3.8, 4) is 11.6 Å². The number of nitrogens with zero attached hydrogens (tertiary/aromatic N) is 3. The van der Waals surface area contributed by atoms with Gasteiger partial charge in [-0.1, -0.05) is 46.6 Å². The molecule has 7 rings (SSSR count). The van der Waals surface area contributed by atoms with Gasteiger partial charge in [0.15, 0.2) is 0 Å². The number of sulfonamides is 1. The van der Waals surface area contributed by atoms with E-state index in [-0.39, 0.29) is 25.0 Å². The number of carbonyl (C=O) groups is 4. The Morgan fingerprint density at radius 3 is 2.51 bits per heavy atom. The first-order chi connectivity index (χ1) is 26.0. The van der Waals surface area contributed by atoms with Crippen LogP contribution in [0.3, 0.4) is 0 Å². The molecule has 0 spiro atoms. The maximum atomic E-state index is 14.7. The second-order valence-electron chi connectivity index (χ2n) is 16.9. The maximum absolute atomic E-state index is 14.7. The summed E-state index contributed by atoms with van der Waals surface area (Å²) in [5.41, 5.74) is -0.482. The predicted molar refractivity (Wildman–Crippen MR) is 201 cm³/mol. The number of carbonyl (C=O) groups excluding carboxylic acids is 4. The van der Waals surface area contributed by atoms with Crippen molar-refractivity contribution in [1.82, 2.24) is 30.2 Å². The van der Waals surface area contributed by atoms with Gasteiger partial charge in [-0.3, -0.25) is 19.1 Å². The summed E-state index contributed by atoms with van der Waals surface area (Å²) in [6, 6.07) is 3.16. The van der Waals surface area contributed by atoms with Gasteiger partial charge in [-0.25, -0.2) is 23.2 Å². The summed E-state index contributed by atoms with van der Waals surface area (Å²) in [6.07, 6.45) is 5.84. The fraction of sp³-hybridized carbons (Fsp3) is 0.641. The molecular formula is C39H52N6O9S. The lowest BCUT2D eigenvalue weighted by Crippen LogP contribution is -2.61. The van der Waals surface area contributed by atoms with Gasteiger partial charge in [0.05, 0.1) is 29.9 Å². The van der Waals surface area contributed by atoms with Crippen molar-refractivity contribution < 1.29 is 41.8 Å². The zero-order chi connectivity index (χ0) is 39.4. The number of ether oxygens (including phenoxy) is 3. The molecule has 2 aliphatic heterocycles. The minimum Gasteiger partial charge on any atom is -0.497 e. The van der Waals surface area contributed by atoms with Crippen molar-refractivity contribution in [2.75, 3.05) is 13.7 Å². The van der Waals surface area contributed by atoms with Gasteiger partial charge in [-0.05, 0) is 68.4 Å². The van der Waals surface area contributed by atoms with E-state index in [1.54, 1.807) is 20.1 Å². The number of fused-ring (bicyclic) bond motifs is 5. The van der Waals surface area contributed by atoms with Gasteiger partial charge in [0, 0.05) is 17.9 Å². The molecule has 2 bridgehead atoms. The van der Waals surface area contributed by atoms with E-state index in [2.05, 4.69) is 21.9 Å². The van der Waals surface area contributed by atoms with Crippen molar-refractivity contribution in [3.63, 3.8) is 0 Å². The molecule has 1 aromatic heterocycles. The first kappa shape index (κ1) is 38.8. The van der Waals surface area contributed by atoms with Crippen molar-refractivity contribution in [1.29, 1.82) is 0 Å². The van der Waals surface area contributed by atoms with Gasteiger partial charge >= 0.3 is 6.09 Å². The lowest BCUT2D eigenvalue weighted by molar-refractivity contribution is -0.143. The highest BCUT2D eigenvalue weighted by Gasteiger charge is 2.62. The molecule has 8 atom stereocenters. The van der Waals surface area contributed by atoms with Gasteiger partial charge < -0.3 is 29.7 Å². The summed E-state index contributed by atoms with van der Waals surface area (Å²) in [7, 11) is -2.34. The van der Waals surface area contributed by atoms with Gasteiger partial charge in [0.2, 0.25) is 27.7 Å². The molecule has 1 saturated heterocycles. The van der Waals surface area contributed by atoms with Crippen LogP contribution < -0.4 is 24.8 Å². The van der Waals surface area contributed by atoms with E-state index >= 15 is 0 Å². The Hall–Kier alpha value is -4.47. The highest BCUT2D eigenvalue weighted by molar-refractivity contribution is 7.91. The van der Waals surface area contributed by atoms with E-state index in [0.717, 1.165) is 32.1 Å². The topological polar surface area (TPSA) is 195 Å². The summed E-state index contributed by atoms with van der Waals surface area (Å²) in [5.74, 6) is -2.07. The van der Waals surface area contributed by atoms with E-state index in [0.29, 0.717) is 47.6 Å². The number of aromatic nitrogens is 2. The van der Waals surface area contributed by atoms with Crippen LogP contribution in [0.25, 0.3) is 11.0 Å². The molecule has 4 fully saturated rings. The molecule has 3 saturated carbocycles. The number of nitrogens with one attached hydrogen (secondary N) is 3. The number of alkyl carbamates (subject to hydrolysis) is 1. The van der Waals surface area contributed by atoms with E-state index < -0.39 is 80.1 Å². The number of amides is 4. The molecule has 0 radical (unpaired) electrons. The second-order valence-corrected chi connectivity index (χ2v) is 18.9. The fourth-order valence-electron chi connectivity index (χ4n) is 7.95. The van der Waals surface area contributed by atoms with Crippen LogP contribution in [-0.4, -0.2) is 95.8 Å². The van der Waals surface area contributed by atoms with Crippen molar-refractivity contribution in [3.05, 3.63) is 36.5 Å². The van der Waals surface area contributed by atoms with Crippen LogP contribution in [0.15, 0.2) is 30.9 Å². The van der Waals surface area contributed by atoms with Crippen molar-refractivity contribution in [2.24, 2.45) is 23.2 Å². The van der Waals surface area contributed by atoms with Crippen LogP contribution in [0.4, 0.5) is 4.79 Å². The summed E-state index contributed by atoms with van der Waals surface area (Å²) >= 11 is 0. The number of hydrogen-bond acceptors (Lipinski definition) is 11. The van der Waals surface area contributed by atoms with Gasteiger partial charge in [-0.15, -0.1) is 6.58 Å². The Morgan fingerprint density at radius 1 is 1.07 bits per heavy atom. The molecule has 3 heterocycles. The van der Waals surface area contributed by atoms with E-state index in [4.69, 9.17) is 24.2 Å². The number of rotatable bonds is 7. The van der Waals surface area contributed by atoms with Crippen LogP contribution in [0, 0.1) is 23.2 Å². The van der Waals surface area contributed by atoms with Crippen LogP contribution in [0.5, 0.6) is 11.6 Å². The molecule has 55 heavy (non-hydrogen) atoms. The quantitative estimate of drug-likeness (QED) is 0.348. The molecule has 16 heteroatoms. The van der Waals surface area contributed by atoms with Gasteiger partial charge in [-0.2, -0.15) is 0 Å². The maximum Gasteiger partial charge on any atom is 0.408 e. The first-order valence-corrected chi connectivity index (χ1v) is 20.9. The third kappa shape index (κ3) is 7.96. The normalized spacial score (nSPS) is 31.3. The molecule has 2 aromatic rings. The Kier molecular flexibility index (Phi) is 10.3. The lowest BCUT2D eigenvalue weighted by Gasteiger charge is -2.35. The Morgan fingerprint density at radius 2 is 1.84 bits per heavy atom. The van der Waals surface area contributed by atoms with Crippen molar-refractivity contribution >= 4 is 44.9 Å². The smallest absolute Gasteiger partial charge is 0.408 e. The van der Waals surface area contributed by atoms with Crippen LogP contribution in [0.1, 0.15) is 84.8 Å². The molecule has 298 valence electrons. The van der Waals surface area contributed by atoms with Gasteiger partial charge in [0.25, 0.3) is 5.91 Å². The monoisotopic (exact) mass is 780 g/mol. The molecule has 3 aliphatic carbocycles. The number of aryl methyl sites for hydroxylation is 1. The lowest BCUT2D eigenvalue weighted by atomic mass is 9.85. The Labute approximate surface area is 321 Å². The average Bonchev–Trinajstić information content (AvgIpc) is 4.04. The largest absolute Gasteiger partial charge is 0.497 e. The summed E-state index contributed by atoms with van der Waals surface area (Å²) in [5, 5.41) is 5.00. The van der Waals surface area contributed by atoms with E-state index in [1.807, 2.05) is 32.9 Å². The minimum atomic E-state index is -3.91. The molecule has 1 aromatic carbocycles. The third-order valence-corrected chi connectivity index (χ3v) is 13.6. The molecule has 15 nitrogen and oxygen atoms in total. The molecule has 3 N–H and O–H groups in total. The molecular weight excluding hydrogens is 729 g/mol. The minimum absolute atomic E-state index is 0.0521. The standard InChI is InChI=1S/C39H52N6O9S/c1-7-23-19-39(23,36(48)44-55(50,51)25-14-15-25)43-33(46)31-21(2)30-20-45(31)35(47)32(38(3,4)5)42-37(49)54-29-17-22(29)11-9-8-10-12-27-34(53-30)41-28-18-24(52-6)13-16-26(28)40-27/h7,13,16,18,21-23,25,29-32H,1,8-12,14-15,17,19-20H2,2-6H3,(H,42,49)(H,43,46)(H,44,48)/t21-,22-,23-,29-,30+,31+,32-,39-/m1/s1. The number of hydrogen-bond donors (Lipinski definition) is 3. The van der Waals surface area contributed by atoms with Crippen LogP contribution in [-0.2, 0) is 35.6 Å². The Balaban J connectivity index is 1.24. The van der Waals surface area contributed by atoms with Gasteiger partial charge in [0.1, 0.15) is 41.3 Å². The fourth-order valence-corrected chi connectivity index (χ4v) is 9.32. The molecule has 4 amide bonds. The summed E-state index contributed by atoms with van der Waals surface area (Å²) < 4.78 is 45.6.